The summed E-state index contributed by atoms with van der Waals surface area (Å²) in [5.41, 5.74) is 2.72. The Morgan fingerprint density at radius 2 is 1.92 bits per heavy atom. The molecule has 1 fully saturated rings. The highest BCUT2D eigenvalue weighted by Gasteiger charge is 2.35. The van der Waals surface area contributed by atoms with E-state index in [2.05, 4.69) is 9.97 Å². The largest absolute Gasteiger partial charge is 0.316 e. The molecule has 1 atom stereocenters. The van der Waals surface area contributed by atoms with Crippen LogP contribution in [-0.2, 0) is 17.1 Å². The molecule has 1 aromatic carbocycles. The van der Waals surface area contributed by atoms with Crippen molar-refractivity contribution in [2.75, 3.05) is 13.1 Å². The molecular weight excluding hydrogens is 336 g/mol. The molecule has 3 heterocycles. The number of nitrogens with zero attached hydrogens (tertiary/aromatic N) is 4. The second-order valence-corrected chi connectivity index (χ2v) is 8.47. The van der Waals surface area contributed by atoms with Gasteiger partial charge in [-0.25, -0.2) is 18.4 Å². The van der Waals surface area contributed by atoms with Crippen molar-refractivity contribution in [1.82, 2.24) is 18.8 Å². The van der Waals surface area contributed by atoms with Gasteiger partial charge in [-0.3, -0.25) is 0 Å². The molecule has 25 heavy (non-hydrogen) atoms. The minimum absolute atomic E-state index is 0.0828. The molecule has 6 nitrogen and oxygen atoms in total. The molecule has 7 heteroatoms. The maximum atomic E-state index is 12.9. The lowest BCUT2D eigenvalue weighted by Crippen LogP contribution is -2.28. The summed E-state index contributed by atoms with van der Waals surface area (Å²) in [6.45, 7) is 2.91. The van der Waals surface area contributed by atoms with E-state index in [0.29, 0.717) is 18.0 Å². The minimum Gasteiger partial charge on any atom is -0.316 e. The van der Waals surface area contributed by atoms with Crippen molar-refractivity contribution in [1.29, 1.82) is 0 Å². The summed E-state index contributed by atoms with van der Waals surface area (Å²) >= 11 is 0. The first-order valence-corrected chi connectivity index (χ1v) is 9.75. The number of imidazole rings is 1. The van der Waals surface area contributed by atoms with Crippen molar-refractivity contribution in [3.8, 4) is 0 Å². The van der Waals surface area contributed by atoms with Crippen LogP contribution in [0.5, 0.6) is 0 Å². The van der Waals surface area contributed by atoms with Crippen molar-refractivity contribution in [3.63, 3.8) is 0 Å². The van der Waals surface area contributed by atoms with Crippen LogP contribution in [0.3, 0.4) is 0 Å². The number of rotatable bonds is 3. The van der Waals surface area contributed by atoms with Crippen molar-refractivity contribution in [3.05, 3.63) is 54.0 Å². The molecule has 0 unspecified atom stereocenters. The molecule has 0 saturated carbocycles. The van der Waals surface area contributed by atoms with Crippen LogP contribution in [0.1, 0.15) is 23.7 Å². The van der Waals surface area contributed by atoms with Crippen molar-refractivity contribution in [2.24, 2.45) is 7.05 Å². The predicted molar refractivity (Wildman–Crippen MR) is 95.8 cm³/mol. The smallest absolute Gasteiger partial charge is 0.243 e. The summed E-state index contributed by atoms with van der Waals surface area (Å²) in [5.74, 6) is 0.981. The lowest BCUT2D eigenvalue weighted by molar-refractivity contribution is 0.470. The highest BCUT2D eigenvalue weighted by molar-refractivity contribution is 7.89. The van der Waals surface area contributed by atoms with Gasteiger partial charge >= 0.3 is 0 Å². The van der Waals surface area contributed by atoms with Crippen LogP contribution in [0, 0.1) is 6.92 Å². The fourth-order valence-corrected chi connectivity index (χ4v) is 4.92. The Kier molecular flexibility index (Phi) is 3.85. The standard InChI is InChI=1S/C18H20N4O2S/c1-13-5-7-15(8-6-13)25(23,24)22-11-9-14(12-22)17-20-16-4-3-10-19-18(16)21(17)2/h3-8,10,14H,9,11-12H2,1-2H3/t14-/m1/s1. The summed E-state index contributed by atoms with van der Waals surface area (Å²) in [6, 6.07) is 10.8. The summed E-state index contributed by atoms with van der Waals surface area (Å²) < 4.78 is 29.3. The van der Waals surface area contributed by atoms with Gasteiger partial charge in [0.05, 0.1) is 4.90 Å². The molecule has 0 bridgehead atoms. The van der Waals surface area contributed by atoms with E-state index >= 15 is 0 Å². The number of pyridine rings is 1. The molecule has 0 aliphatic carbocycles. The van der Waals surface area contributed by atoms with E-state index in [9.17, 15) is 8.42 Å². The van der Waals surface area contributed by atoms with Gasteiger partial charge in [0.25, 0.3) is 0 Å². The van der Waals surface area contributed by atoms with Gasteiger partial charge in [0.1, 0.15) is 11.3 Å². The number of aromatic nitrogens is 3. The maximum absolute atomic E-state index is 12.9. The SMILES string of the molecule is Cc1ccc(S(=O)(=O)N2CC[C@@H](c3nc4cccnc4n3C)C2)cc1. The van der Waals surface area contributed by atoms with Crippen LogP contribution >= 0.6 is 0 Å². The van der Waals surface area contributed by atoms with Gasteiger partial charge in [0.2, 0.25) is 10.0 Å². The summed E-state index contributed by atoms with van der Waals surface area (Å²) in [6.07, 6.45) is 2.51. The predicted octanol–water partition coefficient (Wildman–Crippen LogP) is 2.45. The van der Waals surface area contributed by atoms with E-state index in [-0.39, 0.29) is 5.92 Å². The molecule has 0 spiro atoms. The number of hydrogen-bond donors (Lipinski definition) is 0. The Morgan fingerprint density at radius 3 is 2.64 bits per heavy atom. The van der Waals surface area contributed by atoms with Gasteiger partial charge in [-0.15, -0.1) is 0 Å². The van der Waals surface area contributed by atoms with Gasteiger partial charge in [-0.1, -0.05) is 17.7 Å². The lowest BCUT2D eigenvalue weighted by atomic mass is 10.1. The van der Waals surface area contributed by atoms with Gasteiger partial charge in [0, 0.05) is 32.3 Å². The summed E-state index contributed by atoms with van der Waals surface area (Å²) in [7, 11) is -1.52. The molecule has 1 saturated heterocycles. The molecular formula is C18H20N4O2S. The zero-order valence-electron chi connectivity index (χ0n) is 14.3. The Morgan fingerprint density at radius 1 is 1.16 bits per heavy atom. The van der Waals surface area contributed by atoms with Crippen molar-refractivity contribution in [2.45, 2.75) is 24.2 Å². The molecule has 4 rings (SSSR count). The Labute approximate surface area is 147 Å². The third kappa shape index (κ3) is 2.73. The van der Waals surface area contributed by atoms with Crippen LogP contribution in [-0.4, -0.2) is 40.3 Å². The molecule has 3 aromatic rings. The van der Waals surface area contributed by atoms with E-state index in [1.807, 2.05) is 42.8 Å². The second-order valence-electron chi connectivity index (χ2n) is 6.54. The zero-order chi connectivity index (χ0) is 17.6. The molecule has 0 N–H and O–H groups in total. The van der Waals surface area contributed by atoms with Crippen LogP contribution in [0.2, 0.25) is 0 Å². The highest BCUT2D eigenvalue weighted by Crippen LogP contribution is 2.31. The first-order valence-electron chi connectivity index (χ1n) is 8.31. The average molecular weight is 356 g/mol. The molecule has 1 aliphatic heterocycles. The molecule has 1 aliphatic rings. The minimum atomic E-state index is -3.46. The summed E-state index contributed by atoms with van der Waals surface area (Å²) in [5, 5.41) is 0. The van der Waals surface area contributed by atoms with E-state index < -0.39 is 10.0 Å². The quantitative estimate of drug-likeness (QED) is 0.723. The average Bonchev–Trinajstić information content (AvgIpc) is 3.21. The van der Waals surface area contributed by atoms with E-state index in [0.717, 1.165) is 29.0 Å². The number of sulfonamides is 1. The Balaban J connectivity index is 1.62. The van der Waals surface area contributed by atoms with Gasteiger partial charge in [-0.2, -0.15) is 4.31 Å². The lowest BCUT2D eigenvalue weighted by Gasteiger charge is -2.16. The van der Waals surface area contributed by atoms with Crippen LogP contribution < -0.4 is 0 Å². The van der Waals surface area contributed by atoms with E-state index in [4.69, 9.17) is 0 Å². The van der Waals surface area contributed by atoms with E-state index in [1.165, 1.54) is 0 Å². The van der Waals surface area contributed by atoms with Crippen LogP contribution in [0.25, 0.3) is 11.2 Å². The number of fused-ring (bicyclic) bond motifs is 1. The van der Waals surface area contributed by atoms with Crippen molar-refractivity contribution >= 4 is 21.2 Å². The maximum Gasteiger partial charge on any atom is 0.243 e. The Bertz CT molecular complexity index is 1020. The van der Waals surface area contributed by atoms with Crippen molar-refractivity contribution < 1.29 is 8.42 Å². The Hall–Kier alpha value is -2.25. The first kappa shape index (κ1) is 16.2. The molecule has 0 amide bonds. The first-order chi connectivity index (χ1) is 12.0. The molecule has 0 radical (unpaired) electrons. The monoisotopic (exact) mass is 356 g/mol. The number of hydrogen-bond acceptors (Lipinski definition) is 4. The van der Waals surface area contributed by atoms with Crippen LogP contribution in [0.15, 0.2) is 47.5 Å². The number of benzene rings is 1. The normalized spacial score (nSPS) is 18.9. The van der Waals surface area contributed by atoms with Gasteiger partial charge in [-0.05, 0) is 37.6 Å². The third-order valence-electron chi connectivity index (χ3n) is 4.84. The van der Waals surface area contributed by atoms with Crippen LogP contribution in [0.4, 0.5) is 0 Å². The fraction of sp³-hybridized carbons (Fsp3) is 0.333. The topological polar surface area (TPSA) is 68.1 Å². The van der Waals surface area contributed by atoms with E-state index in [1.54, 1.807) is 22.6 Å². The van der Waals surface area contributed by atoms with Gasteiger partial charge in [0.15, 0.2) is 5.65 Å². The third-order valence-corrected chi connectivity index (χ3v) is 6.72. The van der Waals surface area contributed by atoms with Gasteiger partial charge < -0.3 is 4.57 Å². The number of aryl methyl sites for hydroxylation is 2. The summed E-state index contributed by atoms with van der Waals surface area (Å²) in [4.78, 5) is 9.39. The second kappa shape index (κ2) is 5.93. The molecule has 2 aromatic heterocycles. The highest BCUT2D eigenvalue weighted by atomic mass is 32.2. The fourth-order valence-electron chi connectivity index (χ4n) is 3.42. The molecule has 130 valence electrons. The zero-order valence-corrected chi connectivity index (χ0v) is 15.1.